The van der Waals surface area contributed by atoms with Crippen LogP contribution in [0.15, 0.2) is 30.5 Å². The van der Waals surface area contributed by atoms with E-state index in [0.717, 1.165) is 0 Å². The van der Waals surface area contributed by atoms with E-state index >= 15 is 0 Å². The van der Waals surface area contributed by atoms with Crippen LogP contribution >= 0.6 is 0 Å². The van der Waals surface area contributed by atoms with E-state index in [1.54, 1.807) is 0 Å². The predicted octanol–water partition coefficient (Wildman–Crippen LogP) is 3.04. The van der Waals surface area contributed by atoms with Gasteiger partial charge in [-0.25, -0.2) is 0 Å². The van der Waals surface area contributed by atoms with Crippen LogP contribution in [-0.2, 0) is 6.42 Å². The number of nitrogens with one attached hydrogen (secondary N) is 2. The van der Waals surface area contributed by atoms with Crippen LogP contribution in [0, 0.1) is 5.92 Å². The Bertz CT molecular complexity index is 652. The normalized spacial score (nSPS) is 13.1. The topological polar surface area (TPSA) is 70.7 Å². The molecule has 2 aromatic rings. The van der Waals surface area contributed by atoms with Gasteiger partial charge in [-0.3, -0.25) is 14.9 Å². The summed E-state index contributed by atoms with van der Waals surface area (Å²) in [5.41, 5.74) is 0.351. The number of carbonyl (C=O) groups excluding carboxylic acids is 1. The number of aromatic nitrogens is 3. The molecule has 0 bridgehead atoms. The fraction of sp³-hybridized carbons (Fsp3) is 0.400. The van der Waals surface area contributed by atoms with Crippen molar-refractivity contribution in [2.24, 2.45) is 5.92 Å². The third-order valence-corrected chi connectivity index (χ3v) is 3.08. The van der Waals surface area contributed by atoms with Gasteiger partial charge in [-0.2, -0.15) is 18.3 Å². The van der Waals surface area contributed by atoms with Crippen LogP contribution in [0.2, 0.25) is 0 Å². The number of rotatable bonds is 5. The number of hydrogen-bond acceptors (Lipinski definition) is 3. The van der Waals surface area contributed by atoms with Crippen LogP contribution in [0.3, 0.4) is 0 Å². The number of carbonyl (C=O) groups is 1. The maximum absolute atomic E-state index is 13.2. The van der Waals surface area contributed by atoms with E-state index in [1.165, 1.54) is 30.5 Å². The lowest BCUT2D eigenvalue weighted by Gasteiger charge is -2.20. The summed E-state index contributed by atoms with van der Waals surface area (Å²) >= 11 is 0. The van der Waals surface area contributed by atoms with Crippen molar-refractivity contribution in [1.29, 1.82) is 0 Å². The molecule has 2 heterocycles. The van der Waals surface area contributed by atoms with Crippen molar-refractivity contribution in [2.45, 2.75) is 32.5 Å². The van der Waals surface area contributed by atoms with Crippen LogP contribution in [-0.4, -0.2) is 27.3 Å². The van der Waals surface area contributed by atoms with Crippen LogP contribution in [0.1, 0.15) is 41.8 Å². The predicted molar refractivity (Wildman–Crippen MR) is 77.6 cm³/mol. The highest BCUT2D eigenvalue weighted by Gasteiger charge is 2.43. The first kappa shape index (κ1) is 17.0. The largest absolute Gasteiger partial charge is 0.414 e. The smallest absolute Gasteiger partial charge is 0.334 e. The van der Waals surface area contributed by atoms with E-state index in [2.05, 4.69) is 15.2 Å². The third kappa shape index (κ3) is 4.54. The van der Waals surface area contributed by atoms with Crippen LogP contribution in [0.25, 0.3) is 0 Å². The Morgan fingerprint density at radius 3 is 2.65 bits per heavy atom. The van der Waals surface area contributed by atoms with Gasteiger partial charge in [0.05, 0.1) is 5.69 Å². The summed E-state index contributed by atoms with van der Waals surface area (Å²) in [7, 11) is 0. The van der Waals surface area contributed by atoms with E-state index < -0.39 is 18.1 Å². The lowest BCUT2D eigenvalue weighted by molar-refractivity contribution is -0.156. The van der Waals surface area contributed by atoms with Crippen molar-refractivity contribution in [3.8, 4) is 0 Å². The molecule has 0 fully saturated rings. The summed E-state index contributed by atoms with van der Waals surface area (Å²) < 4.78 is 39.5. The third-order valence-electron chi connectivity index (χ3n) is 3.08. The summed E-state index contributed by atoms with van der Waals surface area (Å²) in [5, 5.41) is 8.38. The average molecular weight is 326 g/mol. The number of aromatic amines is 1. The molecule has 0 unspecified atom stereocenters. The van der Waals surface area contributed by atoms with Crippen molar-refractivity contribution in [2.75, 3.05) is 0 Å². The first-order chi connectivity index (χ1) is 10.8. The molecule has 124 valence electrons. The van der Waals surface area contributed by atoms with E-state index in [0.29, 0.717) is 18.0 Å². The molecule has 0 radical (unpaired) electrons. The fourth-order valence-corrected chi connectivity index (χ4v) is 2.10. The van der Waals surface area contributed by atoms with Crippen molar-refractivity contribution in [1.82, 2.24) is 20.5 Å². The van der Waals surface area contributed by atoms with E-state index in [1.807, 2.05) is 19.2 Å². The zero-order chi connectivity index (χ0) is 17.0. The molecule has 23 heavy (non-hydrogen) atoms. The molecular weight excluding hydrogens is 309 g/mol. The minimum Gasteiger partial charge on any atom is -0.334 e. The fourth-order valence-electron chi connectivity index (χ4n) is 2.10. The number of halogens is 3. The minimum atomic E-state index is -4.65. The lowest BCUT2D eigenvalue weighted by Crippen LogP contribution is -2.38. The van der Waals surface area contributed by atoms with Crippen molar-refractivity contribution in [3.63, 3.8) is 0 Å². The Labute approximate surface area is 131 Å². The van der Waals surface area contributed by atoms with Gasteiger partial charge >= 0.3 is 6.18 Å². The highest BCUT2D eigenvalue weighted by Crippen LogP contribution is 2.31. The second-order valence-electron chi connectivity index (χ2n) is 5.58. The maximum Gasteiger partial charge on any atom is 0.414 e. The molecule has 2 aromatic heterocycles. The highest BCUT2D eigenvalue weighted by atomic mass is 19.4. The molecule has 0 saturated heterocycles. The molecule has 0 aliphatic heterocycles. The van der Waals surface area contributed by atoms with Crippen LogP contribution in [0.5, 0.6) is 0 Å². The molecule has 0 aliphatic rings. The summed E-state index contributed by atoms with van der Waals surface area (Å²) in [5.74, 6) is -0.563. The Balaban J connectivity index is 2.16. The maximum atomic E-state index is 13.2. The molecule has 0 saturated carbocycles. The zero-order valence-electron chi connectivity index (χ0n) is 12.7. The monoisotopic (exact) mass is 326 g/mol. The molecule has 5 nitrogen and oxygen atoms in total. The van der Waals surface area contributed by atoms with Gasteiger partial charge in [-0.1, -0.05) is 19.9 Å². The Morgan fingerprint density at radius 2 is 2.09 bits per heavy atom. The van der Waals surface area contributed by atoms with Gasteiger partial charge in [0.1, 0.15) is 5.69 Å². The SMILES string of the molecule is CC(C)Cc1cc(C(=O)N[C@@H](c2ccccn2)C(F)(F)F)n[nH]1. The van der Waals surface area contributed by atoms with Gasteiger partial charge < -0.3 is 5.32 Å². The number of hydrogen-bond donors (Lipinski definition) is 2. The molecule has 2 N–H and O–H groups in total. The number of pyridine rings is 1. The van der Waals surface area contributed by atoms with Gasteiger partial charge in [0.2, 0.25) is 0 Å². The number of alkyl halides is 3. The van der Waals surface area contributed by atoms with Crippen LogP contribution < -0.4 is 5.32 Å². The summed E-state index contributed by atoms with van der Waals surface area (Å²) in [6.07, 6.45) is -2.75. The molecule has 8 heteroatoms. The first-order valence-corrected chi connectivity index (χ1v) is 7.10. The Kier molecular flexibility index (Phi) is 5.02. The number of nitrogens with zero attached hydrogens (tertiary/aromatic N) is 2. The van der Waals surface area contributed by atoms with Crippen molar-refractivity contribution >= 4 is 5.91 Å². The molecule has 2 rings (SSSR count). The molecule has 1 amide bonds. The standard InChI is InChI=1S/C15H17F3N4O/c1-9(2)7-10-8-12(22-21-10)14(23)20-13(15(16,17)18)11-5-3-4-6-19-11/h3-6,8-9,13H,7H2,1-2H3,(H,20,23)(H,21,22)/t13-/m0/s1. The summed E-state index contributed by atoms with van der Waals surface area (Å²) in [6.45, 7) is 3.97. The average Bonchev–Trinajstić information content (AvgIpc) is 2.92. The van der Waals surface area contributed by atoms with Crippen molar-refractivity contribution in [3.05, 3.63) is 47.5 Å². The van der Waals surface area contributed by atoms with E-state index in [4.69, 9.17) is 0 Å². The Morgan fingerprint density at radius 1 is 1.35 bits per heavy atom. The molecular formula is C15H17F3N4O. The number of H-pyrrole nitrogens is 1. The minimum absolute atomic E-state index is 0.0779. The van der Waals surface area contributed by atoms with E-state index in [9.17, 15) is 18.0 Å². The molecule has 0 aliphatic carbocycles. The zero-order valence-corrected chi connectivity index (χ0v) is 12.7. The van der Waals surface area contributed by atoms with Gasteiger partial charge in [0.25, 0.3) is 5.91 Å². The van der Waals surface area contributed by atoms with Gasteiger partial charge in [-0.15, -0.1) is 0 Å². The summed E-state index contributed by atoms with van der Waals surface area (Å²) in [4.78, 5) is 15.7. The second-order valence-corrected chi connectivity index (χ2v) is 5.58. The van der Waals surface area contributed by atoms with Crippen LogP contribution in [0.4, 0.5) is 13.2 Å². The first-order valence-electron chi connectivity index (χ1n) is 7.10. The Hall–Kier alpha value is -2.38. The lowest BCUT2D eigenvalue weighted by atomic mass is 10.1. The second kappa shape index (κ2) is 6.80. The van der Waals surface area contributed by atoms with Gasteiger partial charge in [0, 0.05) is 11.9 Å². The number of amides is 1. The molecule has 0 aromatic carbocycles. The molecule has 0 spiro atoms. The van der Waals surface area contributed by atoms with Gasteiger partial charge in [0.15, 0.2) is 6.04 Å². The van der Waals surface area contributed by atoms with E-state index in [-0.39, 0.29) is 11.4 Å². The quantitative estimate of drug-likeness (QED) is 0.887. The summed E-state index contributed by atoms with van der Waals surface area (Å²) in [6, 6.07) is 3.43. The molecule has 1 atom stereocenters. The highest BCUT2D eigenvalue weighted by molar-refractivity contribution is 5.92. The van der Waals surface area contributed by atoms with Crippen molar-refractivity contribution < 1.29 is 18.0 Å². The van der Waals surface area contributed by atoms with Gasteiger partial charge in [-0.05, 0) is 30.5 Å².